The molecule has 2 aromatic rings. The summed E-state index contributed by atoms with van der Waals surface area (Å²) in [5.41, 5.74) is 13.1. The van der Waals surface area contributed by atoms with E-state index in [9.17, 15) is 9.90 Å². The Morgan fingerprint density at radius 3 is 1.52 bits per heavy atom. The molecule has 2 heterocycles. The molecule has 2 aliphatic rings. The van der Waals surface area contributed by atoms with E-state index < -0.39 is 11.5 Å². The smallest absolute Gasteiger partial charge is 0.323 e. The van der Waals surface area contributed by atoms with E-state index in [1.807, 2.05) is 24.3 Å². The number of carbonyl (C=O) groups is 1. The highest BCUT2D eigenvalue weighted by molar-refractivity contribution is 5.78. The Bertz CT molecular complexity index is 846. The Labute approximate surface area is 197 Å². The topological polar surface area (TPSA) is 116 Å². The van der Waals surface area contributed by atoms with Crippen molar-refractivity contribution in [3.63, 3.8) is 0 Å². The second-order valence-corrected chi connectivity index (χ2v) is 9.51. The summed E-state index contributed by atoms with van der Waals surface area (Å²) in [6.07, 6.45) is 2.82. The van der Waals surface area contributed by atoms with Crippen LogP contribution in [0.1, 0.15) is 36.8 Å². The molecule has 7 nitrogen and oxygen atoms in total. The lowest BCUT2D eigenvalue weighted by molar-refractivity contribution is -0.145. The molecule has 2 aliphatic heterocycles. The summed E-state index contributed by atoms with van der Waals surface area (Å²) in [7, 11) is 0. The lowest BCUT2D eigenvalue weighted by atomic mass is 9.88. The van der Waals surface area contributed by atoms with Gasteiger partial charge in [0.25, 0.3) is 0 Å². The fourth-order valence-corrected chi connectivity index (χ4v) is 4.32. The number of rotatable bonds is 6. The lowest BCUT2D eigenvalue weighted by Gasteiger charge is -2.38. The van der Waals surface area contributed by atoms with E-state index in [1.165, 1.54) is 11.1 Å². The van der Waals surface area contributed by atoms with Gasteiger partial charge >= 0.3 is 5.97 Å². The van der Waals surface area contributed by atoms with Gasteiger partial charge in [-0.2, -0.15) is 0 Å². The molecule has 6 N–H and O–H groups in total. The number of hydrogen-bond acceptors (Lipinski definition) is 6. The highest BCUT2D eigenvalue weighted by atomic mass is 16.4. The Hall–Kier alpha value is -2.29. The molecule has 33 heavy (non-hydrogen) atoms. The molecular formula is C26H38N4O3. The van der Waals surface area contributed by atoms with Gasteiger partial charge in [-0.15, -0.1) is 0 Å². The molecule has 0 saturated carbocycles. The largest absolute Gasteiger partial charge is 0.480 e. The van der Waals surface area contributed by atoms with Crippen LogP contribution in [-0.2, 0) is 17.9 Å². The van der Waals surface area contributed by atoms with E-state index >= 15 is 0 Å². The monoisotopic (exact) mass is 454 g/mol. The van der Waals surface area contributed by atoms with Crippen molar-refractivity contribution in [3.8, 4) is 0 Å². The molecule has 7 heteroatoms. The molecule has 2 saturated heterocycles. The number of likely N-dealkylation sites (tertiary alicyclic amines) is 2. The third-order valence-electron chi connectivity index (χ3n) is 6.84. The highest BCUT2D eigenvalue weighted by Gasteiger charge is 2.37. The van der Waals surface area contributed by atoms with E-state index in [-0.39, 0.29) is 12.1 Å². The van der Waals surface area contributed by atoms with Gasteiger partial charge in [-0.25, -0.2) is 0 Å². The van der Waals surface area contributed by atoms with Crippen molar-refractivity contribution in [2.24, 2.45) is 11.5 Å². The Morgan fingerprint density at radius 2 is 1.15 bits per heavy atom. The van der Waals surface area contributed by atoms with Crippen LogP contribution in [0.5, 0.6) is 0 Å². The number of aliphatic carboxylic acids is 1. The number of nitrogens with two attached hydrogens (primary N) is 2. The fourth-order valence-electron chi connectivity index (χ4n) is 4.32. The van der Waals surface area contributed by atoms with Gasteiger partial charge in [0.05, 0.1) is 6.61 Å². The average molecular weight is 455 g/mol. The van der Waals surface area contributed by atoms with E-state index in [0.717, 1.165) is 52.1 Å². The van der Waals surface area contributed by atoms with E-state index in [0.29, 0.717) is 12.8 Å². The average Bonchev–Trinajstić information content (AvgIpc) is 2.84. The maximum atomic E-state index is 11.0. The number of carboxylic acid groups (broad SMARTS) is 1. The van der Waals surface area contributed by atoms with Crippen molar-refractivity contribution in [3.05, 3.63) is 71.8 Å². The predicted octanol–water partition coefficient (Wildman–Crippen LogP) is 2.04. The van der Waals surface area contributed by atoms with Gasteiger partial charge in [0.2, 0.25) is 0 Å². The molecule has 0 spiro atoms. The van der Waals surface area contributed by atoms with Crippen LogP contribution in [0.3, 0.4) is 0 Å². The highest BCUT2D eigenvalue weighted by Crippen LogP contribution is 2.22. The standard InChI is InChI=1S/C13H18N2O2.C13H20N2O/c14-13(12(16)17)6-8-15(9-7-13)10-11-4-2-1-3-5-11;14-13(11-16)6-8-15(9-7-13)10-12-4-2-1-3-5-12/h1-5H,6-10,14H2,(H,16,17);1-5,16H,6-11,14H2. The van der Waals surface area contributed by atoms with Crippen molar-refractivity contribution >= 4 is 5.97 Å². The van der Waals surface area contributed by atoms with Crippen molar-refractivity contribution in [1.82, 2.24) is 9.80 Å². The summed E-state index contributed by atoms with van der Waals surface area (Å²) in [6.45, 7) is 5.42. The van der Waals surface area contributed by atoms with Crippen LogP contribution in [0.2, 0.25) is 0 Å². The summed E-state index contributed by atoms with van der Waals surface area (Å²) in [5, 5.41) is 18.2. The summed E-state index contributed by atoms with van der Waals surface area (Å²) in [5.74, 6) is -0.878. The third-order valence-corrected chi connectivity index (χ3v) is 6.84. The quantitative estimate of drug-likeness (QED) is 0.528. The summed E-state index contributed by atoms with van der Waals surface area (Å²) >= 11 is 0. The van der Waals surface area contributed by atoms with Crippen molar-refractivity contribution in [2.45, 2.75) is 49.9 Å². The van der Waals surface area contributed by atoms with Crippen LogP contribution in [0.25, 0.3) is 0 Å². The van der Waals surface area contributed by atoms with Crippen LogP contribution in [0.4, 0.5) is 0 Å². The van der Waals surface area contributed by atoms with Crippen LogP contribution in [0, 0.1) is 0 Å². The minimum atomic E-state index is -1.02. The Kier molecular flexibility index (Phi) is 9.00. The number of piperidine rings is 2. The van der Waals surface area contributed by atoms with Gasteiger partial charge in [0, 0.05) is 44.8 Å². The maximum Gasteiger partial charge on any atom is 0.323 e. The van der Waals surface area contributed by atoms with E-state index in [1.54, 1.807) is 0 Å². The molecule has 2 fully saturated rings. The van der Waals surface area contributed by atoms with Crippen LogP contribution >= 0.6 is 0 Å². The molecule has 0 radical (unpaired) electrons. The second kappa shape index (κ2) is 11.7. The number of aliphatic hydroxyl groups is 1. The van der Waals surface area contributed by atoms with Crippen LogP contribution < -0.4 is 11.5 Å². The van der Waals surface area contributed by atoms with Gasteiger partial charge in [0.15, 0.2) is 0 Å². The molecule has 0 bridgehead atoms. The van der Waals surface area contributed by atoms with E-state index in [2.05, 4.69) is 46.2 Å². The number of carboxylic acids is 1. The molecule has 0 atom stereocenters. The molecular weight excluding hydrogens is 416 g/mol. The van der Waals surface area contributed by atoms with E-state index in [4.69, 9.17) is 16.6 Å². The Morgan fingerprint density at radius 1 is 0.758 bits per heavy atom. The molecule has 0 aromatic heterocycles. The van der Waals surface area contributed by atoms with Crippen LogP contribution in [-0.4, -0.2) is 69.8 Å². The minimum absolute atomic E-state index is 0.103. The zero-order valence-corrected chi connectivity index (χ0v) is 19.4. The van der Waals surface area contributed by atoms with Crippen molar-refractivity contribution in [1.29, 1.82) is 0 Å². The molecule has 180 valence electrons. The van der Waals surface area contributed by atoms with Crippen molar-refractivity contribution < 1.29 is 15.0 Å². The first-order chi connectivity index (χ1) is 15.8. The third kappa shape index (κ3) is 7.62. The fraction of sp³-hybridized carbons (Fsp3) is 0.500. The number of benzene rings is 2. The number of hydrogen-bond donors (Lipinski definition) is 4. The van der Waals surface area contributed by atoms with Gasteiger partial charge in [0.1, 0.15) is 5.54 Å². The van der Waals surface area contributed by atoms with Crippen molar-refractivity contribution in [2.75, 3.05) is 32.8 Å². The zero-order chi connectivity index (χ0) is 23.7. The lowest BCUT2D eigenvalue weighted by Crippen LogP contribution is -2.55. The predicted molar refractivity (Wildman–Crippen MR) is 130 cm³/mol. The zero-order valence-electron chi connectivity index (χ0n) is 19.4. The molecule has 0 amide bonds. The molecule has 0 unspecified atom stereocenters. The molecule has 4 rings (SSSR count). The first kappa shape index (κ1) is 25.3. The van der Waals surface area contributed by atoms with Gasteiger partial charge in [-0.1, -0.05) is 60.7 Å². The normalized spacial score (nSPS) is 20.5. The van der Waals surface area contributed by atoms with Gasteiger partial charge in [-0.05, 0) is 36.8 Å². The summed E-state index contributed by atoms with van der Waals surface area (Å²) in [4.78, 5) is 15.6. The second-order valence-electron chi connectivity index (χ2n) is 9.51. The summed E-state index contributed by atoms with van der Waals surface area (Å²) < 4.78 is 0. The minimum Gasteiger partial charge on any atom is -0.480 e. The molecule has 2 aromatic carbocycles. The number of aliphatic hydroxyl groups excluding tert-OH is 1. The SMILES string of the molecule is NC1(C(=O)O)CCN(Cc2ccccc2)CC1.NC1(CO)CCN(Cc2ccccc2)CC1. The Balaban J connectivity index is 0.000000186. The van der Waals surface area contributed by atoms with Crippen LogP contribution in [0.15, 0.2) is 60.7 Å². The first-order valence-corrected chi connectivity index (χ1v) is 11.8. The van der Waals surface area contributed by atoms with Gasteiger partial charge in [-0.3, -0.25) is 14.6 Å². The van der Waals surface area contributed by atoms with Gasteiger partial charge < -0.3 is 21.7 Å². The maximum absolute atomic E-state index is 11.0. The number of nitrogens with zero attached hydrogens (tertiary/aromatic N) is 2. The first-order valence-electron chi connectivity index (χ1n) is 11.8. The summed E-state index contributed by atoms with van der Waals surface area (Å²) in [6, 6.07) is 20.7. The molecule has 0 aliphatic carbocycles.